The van der Waals surface area contributed by atoms with E-state index in [-0.39, 0.29) is 0 Å². The van der Waals surface area contributed by atoms with Gasteiger partial charge in [0.2, 0.25) is 0 Å². The van der Waals surface area contributed by atoms with Crippen LogP contribution in [0.5, 0.6) is 0 Å². The number of rotatable bonds is 0. The van der Waals surface area contributed by atoms with Crippen LogP contribution in [0.25, 0.3) is 0 Å². The second kappa shape index (κ2) is 4.25. The lowest BCUT2D eigenvalue weighted by molar-refractivity contribution is -0.103. The van der Waals surface area contributed by atoms with Crippen molar-refractivity contribution < 1.29 is 0 Å². The third-order valence-corrected chi connectivity index (χ3v) is 8.36. The van der Waals surface area contributed by atoms with Gasteiger partial charge in [-0.05, 0) is 85.9 Å². The standard InChI is InChI=1S/C19H32/c1-18-11-5-7-16(18)15-9-8-14-6-3-4-12-19(14,2)17(15)10-13-18/h14-17H,3-13H2,1-2H3/t14-,15?,16?,17?,18?,19?/m1/s1. The molecule has 4 aliphatic carbocycles. The average Bonchev–Trinajstić information content (AvgIpc) is 2.79. The van der Waals surface area contributed by atoms with Gasteiger partial charge in [-0.15, -0.1) is 0 Å². The monoisotopic (exact) mass is 260 g/mol. The summed E-state index contributed by atoms with van der Waals surface area (Å²) in [4.78, 5) is 0. The lowest BCUT2D eigenvalue weighted by Crippen LogP contribution is -2.51. The fraction of sp³-hybridized carbons (Fsp3) is 1.00. The molecule has 0 spiro atoms. The van der Waals surface area contributed by atoms with E-state index in [1.54, 1.807) is 51.4 Å². The Morgan fingerprint density at radius 1 is 0.684 bits per heavy atom. The van der Waals surface area contributed by atoms with Gasteiger partial charge in [0.1, 0.15) is 0 Å². The summed E-state index contributed by atoms with van der Waals surface area (Å²) in [5.41, 5.74) is 1.49. The van der Waals surface area contributed by atoms with Crippen molar-refractivity contribution in [2.24, 2.45) is 34.5 Å². The van der Waals surface area contributed by atoms with Crippen LogP contribution in [0, 0.1) is 34.5 Å². The maximum Gasteiger partial charge on any atom is -0.0266 e. The largest absolute Gasteiger partial charge is 0.0594 e. The van der Waals surface area contributed by atoms with Crippen LogP contribution in [0.3, 0.4) is 0 Å². The Balaban J connectivity index is 1.64. The van der Waals surface area contributed by atoms with Crippen LogP contribution in [0.1, 0.15) is 84.5 Å². The maximum atomic E-state index is 2.70. The van der Waals surface area contributed by atoms with E-state index in [1.807, 2.05) is 0 Å². The Bertz CT molecular complexity index is 359. The maximum absolute atomic E-state index is 2.70. The zero-order valence-corrected chi connectivity index (χ0v) is 13.1. The molecule has 0 amide bonds. The molecule has 19 heavy (non-hydrogen) atoms. The first kappa shape index (κ1) is 12.7. The first-order valence-electron chi connectivity index (χ1n) is 9.13. The van der Waals surface area contributed by atoms with Gasteiger partial charge in [0.25, 0.3) is 0 Å². The Hall–Kier alpha value is 0. The zero-order valence-electron chi connectivity index (χ0n) is 13.1. The molecule has 0 aromatic rings. The molecule has 5 unspecified atom stereocenters. The average molecular weight is 260 g/mol. The molecule has 0 saturated heterocycles. The van der Waals surface area contributed by atoms with Gasteiger partial charge in [0, 0.05) is 0 Å². The van der Waals surface area contributed by atoms with E-state index < -0.39 is 0 Å². The highest BCUT2D eigenvalue weighted by atomic mass is 14.6. The van der Waals surface area contributed by atoms with Crippen molar-refractivity contribution in [1.82, 2.24) is 0 Å². The van der Waals surface area contributed by atoms with Crippen LogP contribution in [0.4, 0.5) is 0 Å². The normalized spacial score (nSPS) is 57.2. The predicted octanol–water partition coefficient (Wildman–Crippen LogP) is 5.81. The Morgan fingerprint density at radius 3 is 2.47 bits per heavy atom. The Labute approximate surface area is 119 Å². The molecule has 0 nitrogen and oxygen atoms in total. The van der Waals surface area contributed by atoms with E-state index in [9.17, 15) is 0 Å². The molecule has 108 valence electrons. The van der Waals surface area contributed by atoms with Gasteiger partial charge in [-0.25, -0.2) is 0 Å². The number of hydrogen-bond acceptors (Lipinski definition) is 0. The fourth-order valence-corrected chi connectivity index (χ4v) is 7.29. The molecule has 0 aromatic carbocycles. The van der Waals surface area contributed by atoms with Crippen LogP contribution in [0.2, 0.25) is 0 Å². The Kier molecular flexibility index (Phi) is 2.84. The van der Waals surface area contributed by atoms with Crippen LogP contribution in [0.15, 0.2) is 0 Å². The van der Waals surface area contributed by atoms with Crippen molar-refractivity contribution in [3.8, 4) is 0 Å². The molecule has 0 heteroatoms. The molecular weight excluding hydrogens is 228 g/mol. The van der Waals surface area contributed by atoms with Crippen molar-refractivity contribution in [3.05, 3.63) is 0 Å². The van der Waals surface area contributed by atoms with Crippen LogP contribution in [-0.4, -0.2) is 0 Å². The van der Waals surface area contributed by atoms with Gasteiger partial charge in [-0.3, -0.25) is 0 Å². The van der Waals surface area contributed by atoms with Gasteiger partial charge >= 0.3 is 0 Å². The van der Waals surface area contributed by atoms with E-state index in [0.29, 0.717) is 0 Å². The number of hydrogen-bond donors (Lipinski definition) is 0. The molecule has 0 N–H and O–H groups in total. The molecule has 0 aliphatic heterocycles. The topological polar surface area (TPSA) is 0 Å². The molecule has 4 aliphatic rings. The molecule has 0 radical (unpaired) electrons. The van der Waals surface area contributed by atoms with Crippen molar-refractivity contribution in [2.45, 2.75) is 84.5 Å². The summed E-state index contributed by atoms with van der Waals surface area (Å²) in [6.45, 7) is 5.33. The van der Waals surface area contributed by atoms with E-state index in [2.05, 4.69) is 13.8 Å². The van der Waals surface area contributed by atoms with Crippen LogP contribution >= 0.6 is 0 Å². The highest BCUT2D eigenvalue weighted by Gasteiger charge is 2.56. The smallest absolute Gasteiger partial charge is 0.0266 e. The van der Waals surface area contributed by atoms with Gasteiger partial charge in [-0.1, -0.05) is 33.1 Å². The minimum atomic E-state index is 0.741. The first-order chi connectivity index (χ1) is 9.13. The highest BCUT2D eigenvalue weighted by molar-refractivity contribution is 5.06. The van der Waals surface area contributed by atoms with Gasteiger partial charge in [0.15, 0.2) is 0 Å². The van der Waals surface area contributed by atoms with Crippen molar-refractivity contribution in [1.29, 1.82) is 0 Å². The van der Waals surface area contributed by atoms with Gasteiger partial charge in [0.05, 0.1) is 0 Å². The van der Waals surface area contributed by atoms with Crippen LogP contribution < -0.4 is 0 Å². The van der Waals surface area contributed by atoms with Crippen molar-refractivity contribution in [2.75, 3.05) is 0 Å². The van der Waals surface area contributed by atoms with Crippen molar-refractivity contribution >= 4 is 0 Å². The van der Waals surface area contributed by atoms with E-state index in [1.165, 1.54) is 19.3 Å². The van der Waals surface area contributed by atoms with E-state index in [0.717, 1.165) is 34.5 Å². The molecular formula is C19H32. The second-order valence-corrected chi connectivity index (χ2v) is 8.99. The summed E-state index contributed by atoms with van der Waals surface area (Å²) in [6, 6.07) is 0. The lowest BCUT2D eigenvalue weighted by Gasteiger charge is -2.60. The molecule has 4 fully saturated rings. The van der Waals surface area contributed by atoms with E-state index >= 15 is 0 Å². The summed E-state index contributed by atoms with van der Waals surface area (Å²) in [6.07, 6.45) is 17.1. The fourth-order valence-electron chi connectivity index (χ4n) is 7.29. The predicted molar refractivity (Wildman–Crippen MR) is 81.0 cm³/mol. The SMILES string of the molecule is CC12CCCC1C1CC[C@H]3CCCCC3(C)C1CC2. The molecule has 6 atom stereocenters. The minimum absolute atomic E-state index is 0.741. The molecule has 4 saturated carbocycles. The molecule has 4 rings (SSSR count). The summed E-state index contributed by atoms with van der Waals surface area (Å²) in [7, 11) is 0. The van der Waals surface area contributed by atoms with E-state index in [4.69, 9.17) is 0 Å². The van der Waals surface area contributed by atoms with Crippen LogP contribution in [-0.2, 0) is 0 Å². The quantitative estimate of drug-likeness (QED) is 0.515. The number of fused-ring (bicyclic) bond motifs is 5. The highest BCUT2D eigenvalue weighted by Crippen LogP contribution is 2.66. The van der Waals surface area contributed by atoms with Gasteiger partial charge in [-0.2, -0.15) is 0 Å². The Morgan fingerprint density at radius 2 is 1.58 bits per heavy atom. The minimum Gasteiger partial charge on any atom is -0.0594 e. The lowest BCUT2D eigenvalue weighted by atomic mass is 9.45. The van der Waals surface area contributed by atoms with Gasteiger partial charge < -0.3 is 0 Å². The third kappa shape index (κ3) is 1.70. The third-order valence-electron chi connectivity index (χ3n) is 8.36. The second-order valence-electron chi connectivity index (χ2n) is 8.99. The molecule has 0 heterocycles. The molecule has 0 aromatic heterocycles. The molecule has 0 bridgehead atoms. The first-order valence-corrected chi connectivity index (χ1v) is 9.13. The summed E-state index contributed by atoms with van der Waals surface area (Å²) in [5, 5.41) is 0. The van der Waals surface area contributed by atoms with Crippen molar-refractivity contribution in [3.63, 3.8) is 0 Å². The summed E-state index contributed by atoms with van der Waals surface area (Å²) in [5.74, 6) is 4.41. The summed E-state index contributed by atoms with van der Waals surface area (Å²) < 4.78 is 0. The zero-order chi connectivity index (χ0) is 13.1. The summed E-state index contributed by atoms with van der Waals surface area (Å²) >= 11 is 0.